The minimum atomic E-state index is -1.12. The number of hydrogen-bond donors (Lipinski definition) is 2. The molecule has 0 amide bonds. The highest BCUT2D eigenvalue weighted by molar-refractivity contribution is 6.32. The highest BCUT2D eigenvalue weighted by Crippen LogP contribution is 2.27. The van der Waals surface area contributed by atoms with Crippen LogP contribution in [0.15, 0.2) is 28.8 Å². The number of rotatable bonds is 5. The lowest BCUT2D eigenvalue weighted by molar-refractivity contribution is 0.0685. The van der Waals surface area contributed by atoms with E-state index in [1.54, 1.807) is 18.2 Å². The predicted molar refractivity (Wildman–Crippen MR) is 68.8 cm³/mol. The van der Waals surface area contributed by atoms with Gasteiger partial charge in [-0.05, 0) is 18.2 Å². The summed E-state index contributed by atoms with van der Waals surface area (Å²) in [6.45, 7) is 0.308. The van der Waals surface area contributed by atoms with E-state index in [9.17, 15) is 4.79 Å². The van der Waals surface area contributed by atoms with Gasteiger partial charge in [0.1, 0.15) is 5.75 Å². The summed E-state index contributed by atoms with van der Waals surface area (Å²) in [7, 11) is 1.54. The molecular formula is C12H11ClN2O4. The van der Waals surface area contributed by atoms with Crippen molar-refractivity contribution < 1.29 is 19.2 Å². The molecule has 0 aliphatic carbocycles. The molecule has 19 heavy (non-hydrogen) atoms. The summed E-state index contributed by atoms with van der Waals surface area (Å²) >= 11 is 5.98. The third kappa shape index (κ3) is 3.17. The van der Waals surface area contributed by atoms with Gasteiger partial charge in [0, 0.05) is 11.8 Å². The van der Waals surface area contributed by atoms with Crippen LogP contribution in [-0.2, 0) is 6.54 Å². The largest absolute Gasteiger partial charge is 0.495 e. The van der Waals surface area contributed by atoms with E-state index in [4.69, 9.17) is 26.0 Å². The fraction of sp³-hybridized carbons (Fsp3) is 0.167. The standard InChI is InChI=1S/C12H11ClN2O4/c1-18-11-3-2-7(4-9(11)13)14-6-8-5-10(12(16)17)15-19-8/h2-5,14H,6H2,1H3,(H,16,17). The molecule has 0 aliphatic rings. The third-order valence-electron chi connectivity index (χ3n) is 2.40. The molecule has 0 radical (unpaired) electrons. The number of nitrogens with one attached hydrogen (secondary N) is 1. The number of methoxy groups -OCH3 is 1. The minimum Gasteiger partial charge on any atom is -0.495 e. The first-order valence-electron chi connectivity index (χ1n) is 5.36. The van der Waals surface area contributed by atoms with Crippen molar-refractivity contribution in [2.45, 2.75) is 6.54 Å². The van der Waals surface area contributed by atoms with Crippen molar-refractivity contribution >= 4 is 23.3 Å². The monoisotopic (exact) mass is 282 g/mol. The number of carboxylic acid groups (broad SMARTS) is 1. The lowest BCUT2D eigenvalue weighted by atomic mass is 10.3. The van der Waals surface area contributed by atoms with E-state index >= 15 is 0 Å². The molecule has 1 aromatic heterocycles. The van der Waals surface area contributed by atoms with Gasteiger partial charge in [0.15, 0.2) is 11.5 Å². The number of hydrogen-bond acceptors (Lipinski definition) is 5. The SMILES string of the molecule is COc1ccc(NCc2cc(C(=O)O)no2)cc1Cl. The summed E-state index contributed by atoms with van der Waals surface area (Å²) in [5.74, 6) is -0.119. The van der Waals surface area contributed by atoms with Crippen molar-refractivity contribution in [3.8, 4) is 5.75 Å². The van der Waals surface area contributed by atoms with Gasteiger partial charge in [-0.15, -0.1) is 0 Å². The first-order valence-corrected chi connectivity index (χ1v) is 5.74. The van der Waals surface area contributed by atoms with Crippen molar-refractivity contribution in [2.75, 3.05) is 12.4 Å². The first-order chi connectivity index (χ1) is 9.10. The fourth-order valence-corrected chi connectivity index (χ4v) is 1.72. The van der Waals surface area contributed by atoms with E-state index in [-0.39, 0.29) is 5.69 Å². The molecule has 100 valence electrons. The molecule has 2 aromatic rings. The number of aromatic carboxylic acids is 1. The zero-order valence-electron chi connectivity index (χ0n) is 10.0. The van der Waals surface area contributed by atoms with Gasteiger partial charge in [-0.1, -0.05) is 16.8 Å². The Kier molecular flexibility index (Phi) is 3.91. The highest BCUT2D eigenvalue weighted by Gasteiger charge is 2.10. The molecule has 1 heterocycles. The number of carbonyl (C=O) groups is 1. The second kappa shape index (κ2) is 5.62. The highest BCUT2D eigenvalue weighted by atomic mass is 35.5. The Hall–Kier alpha value is -2.21. The van der Waals surface area contributed by atoms with Gasteiger partial charge in [-0.3, -0.25) is 0 Å². The molecule has 1 aromatic carbocycles. The molecule has 0 saturated carbocycles. The topological polar surface area (TPSA) is 84.6 Å². The van der Waals surface area contributed by atoms with Gasteiger partial charge in [0.2, 0.25) is 0 Å². The Morgan fingerprint density at radius 2 is 2.32 bits per heavy atom. The first kappa shape index (κ1) is 13.2. The Bertz CT molecular complexity index is 597. The van der Waals surface area contributed by atoms with Crippen LogP contribution >= 0.6 is 11.6 Å². The van der Waals surface area contributed by atoms with Gasteiger partial charge in [-0.2, -0.15) is 0 Å². The number of halogens is 1. The van der Waals surface area contributed by atoms with Crippen LogP contribution in [0.3, 0.4) is 0 Å². The van der Waals surface area contributed by atoms with Crippen LogP contribution < -0.4 is 10.1 Å². The molecule has 0 saturated heterocycles. The summed E-state index contributed by atoms with van der Waals surface area (Å²) in [5.41, 5.74) is 0.642. The maximum Gasteiger partial charge on any atom is 0.358 e. The number of aromatic nitrogens is 1. The van der Waals surface area contributed by atoms with E-state index < -0.39 is 5.97 Å². The molecule has 7 heteroatoms. The molecule has 0 unspecified atom stereocenters. The molecule has 6 nitrogen and oxygen atoms in total. The quantitative estimate of drug-likeness (QED) is 0.877. The van der Waals surface area contributed by atoms with Crippen molar-refractivity contribution in [1.82, 2.24) is 5.16 Å². The average molecular weight is 283 g/mol. The summed E-state index contributed by atoms with van der Waals surface area (Å²) in [4.78, 5) is 10.6. The molecular weight excluding hydrogens is 272 g/mol. The van der Waals surface area contributed by atoms with Gasteiger partial charge < -0.3 is 19.7 Å². The van der Waals surface area contributed by atoms with Crippen LogP contribution in [0.2, 0.25) is 5.02 Å². The van der Waals surface area contributed by atoms with Gasteiger partial charge >= 0.3 is 5.97 Å². The third-order valence-corrected chi connectivity index (χ3v) is 2.69. The van der Waals surface area contributed by atoms with Gasteiger partial charge in [0.25, 0.3) is 0 Å². The average Bonchev–Trinajstić information content (AvgIpc) is 2.85. The number of nitrogens with zero attached hydrogens (tertiary/aromatic N) is 1. The number of anilines is 1. The fourth-order valence-electron chi connectivity index (χ4n) is 1.46. The molecule has 0 atom stereocenters. The zero-order chi connectivity index (χ0) is 13.8. The summed E-state index contributed by atoms with van der Waals surface area (Å²) in [6, 6.07) is 6.59. The van der Waals surface area contributed by atoms with E-state index in [1.165, 1.54) is 13.2 Å². The van der Waals surface area contributed by atoms with Crippen LogP contribution in [0.5, 0.6) is 5.75 Å². The number of benzene rings is 1. The second-order valence-corrected chi connectivity index (χ2v) is 4.09. The summed E-state index contributed by atoms with van der Waals surface area (Å²) < 4.78 is 9.91. The van der Waals surface area contributed by atoms with Crippen molar-refractivity contribution in [3.63, 3.8) is 0 Å². The van der Waals surface area contributed by atoms with Crippen molar-refractivity contribution in [3.05, 3.63) is 40.7 Å². The van der Waals surface area contributed by atoms with Crippen LogP contribution in [-0.4, -0.2) is 23.3 Å². The molecule has 2 rings (SSSR count). The maximum atomic E-state index is 10.6. The lowest BCUT2D eigenvalue weighted by Gasteiger charge is -2.07. The molecule has 2 N–H and O–H groups in total. The lowest BCUT2D eigenvalue weighted by Crippen LogP contribution is -1.99. The van der Waals surface area contributed by atoms with Crippen LogP contribution in [0.1, 0.15) is 16.2 Å². The van der Waals surface area contributed by atoms with Gasteiger partial charge in [0.05, 0.1) is 18.7 Å². The van der Waals surface area contributed by atoms with E-state index in [1.807, 2.05) is 0 Å². The molecule has 0 fully saturated rings. The molecule has 0 aliphatic heterocycles. The van der Waals surface area contributed by atoms with E-state index in [2.05, 4.69) is 10.5 Å². The Morgan fingerprint density at radius 3 is 2.89 bits per heavy atom. The van der Waals surface area contributed by atoms with Gasteiger partial charge in [-0.25, -0.2) is 4.79 Å². The predicted octanol–water partition coefficient (Wildman–Crippen LogP) is 2.65. The normalized spacial score (nSPS) is 10.2. The van der Waals surface area contributed by atoms with Crippen LogP contribution in [0.4, 0.5) is 5.69 Å². The molecule has 0 spiro atoms. The van der Waals surface area contributed by atoms with E-state index in [0.29, 0.717) is 23.1 Å². The maximum absolute atomic E-state index is 10.6. The van der Waals surface area contributed by atoms with Crippen LogP contribution in [0.25, 0.3) is 0 Å². The molecule has 0 bridgehead atoms. The summed E-state index contributed by atoms with van der Waals surface area (Å²) in [6.07, 6.45) is 0. The Morgan fingerprint density at radius 1 is 1.53 bits per heavy atom. The number of ether oxygens (including phenoxy) is 1. The van der Waals surface area contributed by atoms with Crippen molar-refractivity contribution in [2.24, 2.45) is 0 Å². The Balaban J connectivity index is 2.01. The summed E-state index contributed by atoms with van der Waals surface area (Å²) in [5, 5.41) is 15.6. The minimum absolute atomic E-state index is 0.121. The van der Waals surface area contributed by atoms with Crippen LogP contribution in [0, 0.1) is 0 Å². The smallest absolute Gasteiger partial charge is 0.358 e. The Labute approximate surface area is 113 Å². The van der Waals surface area contributed by atoms with E-state index in [0.717, 1.165) is 5.69 Å². The second-order valence-electron chi connectivity index (χ2n) is 3.69. The zero-order valence-corrected chi connectivity index (χ0v) is 10.8. The van der Waals surface area contributed by atoms with Crippen molar-refractivity contribution in [1.29, 1.82) is 0 Å². The number of carboxylic acids is 1.